The van der Waals surface area contributed by atoms with Crippen molar-refractivity contribution in [2.45, 2.75) is 30.8 Å². The molecular weight excluding hydrogens is 152 g/mol. The van der Waals surface area contributed by atoms with Gasteiger partial charge in [-0.3, -0.25) is 0 Å². The molecule has 0 radical (unpaired) electrons. The summed E-state index contributed by atoms with van der Waals surface area (Å²) in [7, 11) is 0. The van der Waals surface area contributed by atoms with Gasteiger partial charge in [-0.05, 0) is 19.3 Å². The van der Waals surface area contributed by atoms with Crippen molar-refractivity contribution in [1.82, 2.24) is 0 Å². The summed E-state index contributed by atoms with van der Waals surface area (Å²) < 4.78 is 0. The summed E-state index contributed by atoms with van der Waals surface area (Å²) >= 11 is 3.64. The fraction of sp³-hybridized carbons (Fsp3) is 1.00. The first-order valence-electron chi connectivity index (χ1n) is 3.33. The van der Waals surface area contributed by atoms with Crippen LogP contribution in [0.3, 0.4) is 0 Å². The monoisotopic (exact) mass is 166 g/mol. The quantitative estimate of drug-likeness (QED) is 0.259. The zero-order valence-electron chi connectivity index (χ0n) is 5.77. The largest absolute Gasteiger partial charge is 0.396 e. The van der Waals surface area contributed by atoms with E-state index in [1.807, 2.05) is 0 Å². The van der Waals surface area contributed by atoms with Crippen LogP contribution in [-0.2, 0) is 0 Å². The van der Waals surface area contributed by atoms with E-state index in [2.05, 4.69) is 12.6 Å². The number of thiol groups is 1. The van der Waals surface area contributed by atoms with Crippen LogP contribution < -0.4 is 0 Å². The topological polar surface area (TPSA) is 60.7 Å². The van der Waals surface area contributed by atoms with Crippen molar-refractivity contribution < 1.29 is 15.3 Å². The molecule has 2 atom stereocenters. The lowest BCUT2D eigenvalue weighted by Crippen LogP contribution is -2.19. The number of aliphatic hydroxyl groups is 3. The van der Waals surface area contributed by atoms with Crippen LogP contribution in [-0.4, -0.2) is 33.5 Å². The summed E-state index contributed by atoms with van der Waals surface area (Å²) in [5.41, 5.74) is -0.960. The molecule has 0 saturated carbocycles. The van der Waals surface area contributed by atoms with E-state index in [1.165, 1.54) is 0 Å². The molecular formula is C6H14O3S. The summed E-state index contributed by atoms with van der Waals surface area (Å²) in [6, 6.07) is 0. The van der Waals surface area contributed by atoms with Crippen LogP contribution in [0.25, 0.3) is 0 Å². The lowest BCUT2D eigenvalue weighted by Gasteiger charge is -2.11. The lowest BCUT2D eigenvalue weighted by atomic mass is 10.2. The molecule has 2 unspecified atom stereocenters. The Morgan fingerprint density at radius 1 is 1.20 bits per heavy atom. The average molecular weight is 166 g/mol. The van der Waals surface area contributed by atoms with Gasteiger partial charge in [0.2, 0.25) is 0 Å². The number of unbranched alkanes of at least 4 members (excludes halogenated alkanes) is 1. The third-order valence-electron chi connectivity index (χ3n) is 1.25. The van der Waals surface area contributed by atoms with Gasteiger partial charge in [-0.15, -0.1) is 12.6 Å². The molecule has 0 fully saturated rings. The molecule has 0 aromatic heterocycles. The maximum absolute atomic E-state index is 8.95. The second kappa shape index (κ2) is 5.97. The van der Waals surface area contributed by atoms with Crippen molar-refractivity contribution in [3.05, 3.63) is 0 Å². The van der Waals surface area contributed by atoms with Gasteiger partial charge in [0.15, 0.2) is 0 Å². The molecule has 0 aromatic carbocycles. The molecule has 0 aliphatic heterocycles. The minimum Gasteiger partial charge on any atom is -0.396 e. The van der Waals surface area contributed by atoms with Gasteiger partial charge in [0.25, 0.3) is 0 Å². The smallest absolute Gasteiger partial charge is 0.122 e. The van der Waals surface area contributed by atoms with Gasteiger partial charge in [-0.1, -0.05) is 0 Å². The number of aliphatic hydroxyl groups excluding tert-OH is 3. The van der Waals surface area contributed by atoms with Crippen LogP contribution in [0.15, 0.2) is 0 Å². The molecule has 0 bridgehead atoms. The van der Waals surface area contributed by atoms with E-state index >= 15 is 0 Å². The van der Waals surface area contributed by atoms with Crippen LogP contribution in [0.4, 0.5) is 0 Å². The van der Waals surface area contributed by atoms with Crippen LogP contribution >= 0.6 is 12.6 Å². The molecule has 4 heteroatoms. The van der Waals surface area contributed by atoms with Gasteiger partial charge < -0.3 is 15.3 Å². The fourth-order valence-corrected chi connectivity index (χ4v) is 0.763. The molecule has 0 aliphatic carbocycles. The molecule has 3 N–H and O–H groups in total. The van der Waals surface area contributed by atoms with Gasteiger partial charge in [0.1, 0.15) is 5.44 Å². The second-order valence-electron chi connectivity index (χ2n) is 2.20. The van der Waals surface area contributed by atoms with Crippen molar-refractivity contribution in [3.63, 3.8) is 0 Å². The summed E-state index contributed by atoms with van der Waals surface area (Å²) in [6.45, 7) is 0.134. The predicted octanol–water partition coefficient (Wildman–Crippen LogP) is -0.242. The van der Waals surface area contributed by atoms with E-state index in [-0.39, 0.29) is 6.61 Å². The van der Waals surface area contributed by atoms with Crippen LogP contribution in [0.1, 0.15) is 19.3 Å². The van der Waals surface area contributed by atoms with Crippen molar-refractivity contribution in [2.24, 2.45) is 0 Å². The first-order valence-corrected chi connectivity index (χ1v) is 3.85. The van der Waals surface area contributed by atoms with Gasteiger partial charge >= 0.3 is 0 Å². The third-order valence-corrected chi connectivity index (χ3v) is 1.60. The van der Waals surface area contributed by atoms with Crippen molar-refractivity contribution >= 4 is 12.6 Å². The Morgan fingerprint density at radius 3 is 2.20 bits per heavy atom. The van der Waals surface area contributed by atoms with E-state index in [9.17, 15) is 0 Å². The Bertz CT molecular complexity index is 77.4. The number of hydrogen-bond acceptors (Lipinski definition) is 4. The van der Waals surface area contributed by atoms with Crippen molar-refractivity contribution in [1.29, 1.82) is 0 Å². The fourth-order valence-electron chi connectivity index (χ4n) is 0.614. The zero-order valence-corrected chi connectivity index (χ0v) is 6.67. The van der Waals surface area contributed by atoms with Crippen molar-refractivity contribution in [2.75, 3.05) is 6.61 Å². The van der Waals surface area contributed by atoms with Gasteiger partial charge in [-0.2, -0.15) is 0 Å². The Balaban J connectivity index is 3.13. The van der Waals surface area contributed by atoms with Crippen LogP contribution in [0.5, 0.6) is 0 Å². The Kier molecular flexibility index (Phi) is 6.11. The molecule has 10 heavy (non-hydrogen) atoms. The molecule has 3 nitrogen and oxygen atoms in total. The summed E-state index contributed by atoms with van der Waals surface area (Å²) in [5, 5.41) is 26.0. The number of rotatable bonds is 5. The predicted molar refractivity (Wildman–Crippen MR) is 41.9 cm³/mol. The van der Waals surface area contributed by atoms with E-state index in [0.29, 0.717) is 12.8 Å². The van der Waals surface area contributed by atoms with Gasteiger partial charge in [-0.25, -0.2) is 0 Å². The standard InChI is InChI=1S/C6H14O3S/c7-4-2-1-3-5(8)6(9)10/h5-10H,1-4H2. The van der Waals surface area contributed by atoms with E-state index in [0.717, 1.165) is 6.42 Å². The maximum Gasteiger partial charge on any atom is 0.122 e. The molecule has 0 heterocycles. The zero-order chi connectivity index (χ0) is 7.98. The Hall–Kier alpha value is 0.230. The molecule has 0 aliphatic rings. The summed E-state index contributed by atoms with van der Waals surface area (Å²) in [5.74, 6) is 0. The highest BCUT2D eigenvalue weighted by atomic mass is 32.1. The SMILES string of the molecule is OCCCCC(O)C(O)S. The molecule has 0 saturated heterocycles. The summed E-state index contributed by atoms with van der Waals surface area (Å²) in [6.07, 6.45) is 1.10. The van der Waals surface area contributed by atoms with Crippen LogP contribution in [0.2, 0.25) is 0 Å². The van der Waals surface area contributed by atoms with E-state index in [1.54, 1.807) is 0 Å². The maximum atomic E-state index is 8.95. The lowest BCUT2D eigenvalue weighted by molar-refractivity contribution is 0.0653. The Morgan fingerprint density at radius 2 is 1.80 bits per heavy atom. The molecule has 0 rings (SSSR count). The van der Waals surface area contributed by atoms with E-state index < -0.39 is 11.5 Å². The molecule has 62 valence electrons. The molecule has 0 aromatic rings. The van der Waals surface area contributed by atoms with E-state index in [4.69, 9.17) is 15.3 Å². The first-order chi connectivity index (χ1) is 4.68. The highest BCUT2D eigenvalue weighted by molar-refractivity contribution is 7.80. The minimum atomic E-state index is -0.960. The molecule has 0 spiro atoms. The second-order valence-corrected chi connectivity index (χ2v) is 2.73. The highest BCUT2D eigenvalue weighted by Crippen LogP contribution is 2.06. The minimum absolute atomic E-state index is 0.134. The highest BCUT2D eigenvalue weighted by Gasteiger charge is 2.09. The normalized spacial score (nSPS) is 16.8. The molecule has 0 amide bonds. The average Bonchev–Trinajstić information content (AvgIpc) is 1.88. The van der Waals surface area contributed by atoms with Gasteiger partial charge in [0, 0.05) is 6.61 Å². The Labute approximate surface area is 66.1 Å². The van der Waals surface area contributed by atoms with Crippen LogP contribution in [0, 0.1) is 0 Å². The van der Waals surface area contributed by atoms with Gasteiger partial charge in [0.05, 0.1) is 6.10 Å². The number of hydrogen-bond donors (Lipinski definition) is 4. The van der Waals surface area contributed by atoms with Crippen molar-refractivity contribution in [3.8, 4) is 0 Å². The third kappa shape index (κ3) is 5.05. The first kappa shape index (κ1) is 10.2. The summed E-state index contributed by atoms with van der Waals surface area (Å²) in [4.78, 5) is 0.